The number of piperidine rings is 1. The van der Waals surface area contributed by atoms with Crippen molar-refractivity contribution in [3.8, 4) is 0 Å². The number of benzene rings is 1. The highest BCUT2D eigenvalue weighted by Crippen LogP contribution is 2.22. The lowest BCUT2D eigenvalue weighted by Crippen LogP contribution is -2.42. The van der Waals surface area contributed by atoms with E-state index in [1.807, 2.05) is 42.2 Å². The van der Waals surface area contributed by atoms with E-state index in [2.05, 4.69) is 0 Å². The van der Waals surface area contributed by atoms with E-state index < -0.39 is 6.09 Å². The van der Waals surface area contributed by atoms with Crippen LogP contribution in [0.1, 0.15) is 26.2 Å². The van der Waals surface area contributed by atoms with Gasteiger partial charge in [-0.15, -0.1) is 0 Å². The molecule has 1 heterocycles. The summed E-state index contributed by atoms with van der Waals surface area (Å²) in [6.45, 7) is 3.65. The number of hydrogen-bond donors (Lipinski definition) is 1. The van der Waals surface area contributed by atoms with Gasteiger partial charge in [0.15, 0.2) is 0 Å². The lowest BCUT2D eigenvalue weighted by molar-refractivity contribution is -0.118. The molecule has 1 fully saturated rings. The maximum Gasteiger partial charge on any atom is 0.407 e. The van der Waals surface area contributed by atoms with Crippen LogP contribution in [0.5, 0.6) is 0 Å². The topological polar surface area (TPSA) is 60.9 Å². The number of carbonyl (C=O) groups is 2. The highest BCUT2D eigenvalue weighted by atomic mass is 16.4. The van der Waals surface area contributed by atoms with E-state index in [1.165, 1.54) is 4.90 Å². The summed E-state index contributed by atoms with van der Waals surface area (Å²) < 4.78 is 0. The minimum atomic E-state index is -0.849. The van der Waals surface area contributed by atoms with Gasteiger partial charge in [0.25, 0.3) is 0 Å². The molecule has 0 aromatic heterocycles. The molecule has 0 saturated carbocycles. The summed E-state index contributed by atoms with van der Waals surface area (Å²) in [6.07, 6.45) is 1.25. The highest BCUT2D eigenvalue weighted by Gasteiger charge is 2.25. The summed E-state index contributed by atoms with van der Waals surface area (Å²) >= 11 is 0. The van der Waals surface area contributed by atoms with Crippen molar-refractivity contribution in [3.63, 3.8) is 0 Å². The number of rotatable bonds is 4. The molecule has 5 heteroatoms. The molecule has 0 radical (unpaired) electrons. The smallest absolute Gasteiger partial charge is 0.407 e. The van der Waals surface area contributed by atoms with E-state index in [-0.39, 0.29) is 5.91 Å². The Labute approximate surface area is 125 Å². The van der Waals surface area contributed by atoms with Crippen molar-refractivity contribution in [2.45, 2.75) is 26.2 Å². The molecule has 0 atom stereocenters. The third-order valence-corrected chi connectivity index (χ3v) is 4.00. The van der Waals surface area contributed by atoms with Gasteiger partial charge in [0.2, 0.25) is 5.91 Å². The summed E-state index contributed by atoms with van der Waals surface area (Å²) in [5, 5.41) is 8.97. The molecule has 1 saturated heterocycles. The third-order valence-electron chi connectivity index (χ3n) is 4.00. The van der Waals surface area contributed by atoms with Crippen LogP contribution >= 0.6 is 0 Å². The molecule has 114 valence electrons. The second-order valence-electron chi connectivity index (χ2n) is 5.41. The first-order valence-corrected chi connectivity index (χ1v) is 7.45. The lowest BCUT2D eigenvalue weighted by atomic mass is 9.96. The second kappa shape index (κ2) is 7.11. The predicted octanol–water partition coefficient (Wildman–Crippen LogP) is 2.82. The first-order valence-electron chi connectivity index (χ1n) is 7.45. The van der Waals surface area contributed by atoms with Gasteiger partial charge in [-0.05, 0) is 30.9 Å². The molecule has 2 rings (SSSR count). The van der Waals surface area contributed by atoms with Crippen LogP contribution < -0.4 is 4.90 Å². The molecule has 0 aliphatic carbocycles. The molecule has 1 aliphatic rings. The number of hydrogen-bond acceptors (Lipinski definition) is 2. The Bertz CT molecular complexity index is 482. The lowest BCUT2D eigenvalue weighted by Gasteiger charge is -2.33. The second-order valence-corrected chi connectivity index (χ2v) is 5.41. The molecule has 0 unspecified atom stereocenters. The highest BCUT2D eigenvalue weighted by molar-refractivity contribution is 5.93. The van der Waals surface area contributed by atoms with Gasteiger partial charge in [-0.2, -0.15) is 0 Å². The van der Waals surface area contributed by atoms with Gasteiger partial charge in [-0.3, -0.25) is 4.79 Å². The molecule has 1 aliphatic heterocycles. The molecule has 5 nitrogen and oxygen atoms in total. The molecule has 0 bridgehead atoms. The number of para-hydroxylation sites is 1. The fraction of sp³-hybridized carbons (Fsp3) is 0.500. The molecule has 2 amide bonds. The molecule has 0 spiro atoms. The molecule has 1 aromatic rings. The number of likely N-dealkylation sites (tertiary alicyclic amines) is 1. The summed E-state index contributed by atoms with van der Waals surface area (Å²) in [4.78, 5) is 26.4. The maximum absolute atomic E-state index is 12.2. The standard InChI is InChI=1S/C16H22N2O3/c1-2-15(19)18(14-6-4-3-5-7-14)12-13-8-10-17(11-9-13)16(20)21/h3-7,13H,2,8-12H2,1H3,(H,20,21). The van der Waals surface area contributed by atoms with Gasteiger partial charge in [0.05, 0.1) is 0 Å². The Morgan fingerprint density at radius 1 is 1.24 bits per heavy atom. The minimum absolute atomic E-state index is 0.113. The average molecular weight is 290 g/mol. The molecule has 21 heavy (non-hydrogen) atoms. The van der Waals surface area contributed by atoms with E-state index in [9.17, 15) is 9.59 Å². The van der Waals surface area contributed by atoms with Crippen molar-refractivity contribution < 1.29 is 14.7 Å². The SMILES string of the molecule is CCC(=O)N(CC1CCN(C(=O)O)CC1)c1ccccc1. The Kier molecular flexibility index (Phi) is 5.20. The van der Waals surface area contributed by atoms with E-state index >= 15 is 0 Å². The van der Waals surface area contributed by atoms with Crippen molar-refractivity contribution in [2.75, 3.05) is 24.5 Å². The fourth-order valence-electron chi connectivity index (χ4n) is 2.72. The van der Waals surface area contributed by atoms with Crippen LogP contribution in [0.25, 0.3) is 0 Å². The Hall–Kier alpha value is -2.04. The first kappa shape index (κ1) is 15.4. The van der Waals surface area contributed by atoms with Gasteiger partial charge in [0.1, 0.15) is 0 Å². The Morgan fingerprint density at radius 3 is 2.38 bits per heavy atom. The van der Waals surface area contributed by atoms with Crippen molar-refractivity contribution >= 4 is 17.7 Å². The van der Waals surface area contributed by atoms with Crippen LogP contribution in [0.4, 0.5) is 10.5 Å². The summed E-state index contributed by atoms with van der Waals surface area (Å²) in [5.74, 6) is 0.471. The van der Waals surface area contributed by atoms with Gasteiger partial charge in [-0.25, -0.2) is 4.79 Å². The van der Waals surface area contributed by atoms with Gasteiger partial charge < -0.3 is 14.9 Å². The van der Waals surface area contributed by atoms with Gasteiger partial charge in [0, 0.05) is 31.7 Å². The summed E-state index contributed by atoms with van der Waals surface area (Å²) in [7, 11) is 0. The normalized spacial score (nSPS) is 15.8. The largest absolute Gasteiger partial charge is 0.465 e. The van der Waals surface area contributed by atoms with Gasteiger partial charge in [-0.1, -0.05) is 25.1 Å². The number of nitrogens with zero attached hydrogens (tertiary/aromatic N) is 2. The zero-order valence-electron chi connectivity index (χ0n) is 12.4. The number of amides is 2. The minimum Gasteiger partial charge on any atom is -0.465 e. The zero-order chi connectivity index (χ0) is 15.2. The van der Waals surface area contributed by atoms with Crippen LogP contribution in [-0.4, -0.2) is 41.6 Å². The molecular weight excluding hydrogens is 268 g/mol. The summed E-state index contributed by atoms with van der Waals surface area (Å²) in [5.41, 5.74) is 0.921. The van der Waals surface area contributed by atoms with E-state index in [0.29, 0.717) is 32.0 Å². The average Bonchev–Trinajstić information content (AvgIpc) is 2.53. The maximum atomic E-state index is 12.2. The van der Waals surface area contributed by atoms with E-state index in [1.54, 1.807) is 0 Å². The third kappa shape index (κ3) is 3.97. The van der Waals surface area contributed by atoms with Crippen LogP contribution in [0, 0.1) is 5.92 Å². The monoisotopic (exact) mass is 290 g/mol. The van der Waals surface area contributed by atoms with E-state index in [0.717, 1.165) is 18.5 Å². The zero-order valence-corrected chi connectivity index (χ0v) is 12.4. The van der Waals surface area contributed by atoms with Crippen molar-refractivity contribution in [1.29, 1.82) is 0 Å². The molecular formula is C16H22N2O3. The van der Waals surface area contributed by atoms with Crippen molar-refractivity contribution in [3.05, 3.63) is 30.3 Å². The van der Waals surface area contributed by atoms with Crippen LogP contribution in [0.2, 0.25) is 0 Å². The van der Waals surface area contributed by atoms with Gasteiger partial charge >= 0.3 is 6.09 Å². The van der Waals surface area contributed by atoms with Crippen LogP contribution in [0.3, 0.4) is 0 Å². The fourth-order valence-corrected chi connectivity index (χ4v) is 2.72. The number of carboxylic acid groups (broad SMARTS) is 1. The number of anilines is 1. The quantitative estimate of drug-likeness (QED) is 0.927. The van der Waals surface area contributed by atoms with E-state index in [4.69, 9.17) is 5.11 Å². The number of carbonyl (C=O) groups excluding carboxylic acids is 1. The molecule has 1 aromatic carbocycles. The Balaban J connectivity index is 2.00. The summed E-state index contributed by atoms with van der Waals surface area (Å²) in [6, 6.07) is 9.68. The van der Waals surface area contributed by atoms with Crippen LogP contribution in [0.15, 0.2) is 30.3 Å². The van der Waals surface area contributed by atoms with Crippen molar-refractivity contribution in [2.24, 2.45) is 5.92 Å². The first-order chi connectivity index (χ1) is 10.1. The molecule has 1 N–H and O–H groups in total. The predicted molar refractivity (Wildman–Crippen MR) is 81.4 cm³/mol. The van der Waals surface area contributed by atoms with Crippen molar-refractivity contribution in [1.82, 2.24) is 4.90 Å². The Morgan fingerprint density at radius 2 is 1.86 bits per heavy atom. The van der Waals surface area contributed by atoms with Crippen LogP contribution in [-0.2, 0) is 4.79 Å².